The molecule has 1 unspecified atom stereocenters. The number of rotatable bonds is 9. The number of methoxy groups -OCH3 is 1. The lowest BCUT2D eigenvalue weighted by Gasteiger charge is -2.30. The van der Waals surface area contributed by atoms with Crippen LogP contribution in [0.25, 0.3) is 0 Å². The number of primary amides is 1. The molecule has 0 spiro atoms. The molecule has 1 fully saturated rings. The van der Waals surface area contributed by atoms with Crippen LogP contribution in [0, 0.1) is 5.92 Å². The van der Waals surface area contributed by atoms with E-state index < -0.39 is 33.8 Å². The van der Waals surface area contributed by atoms with Crippen LogP contribution in [0.4, 0.5) is 0 Å². The molecular weight excluding hydrogens is 452 g/mol. The van der Waals surface area contributed by atoms with Crippen molar-refractivity contribution in [3.8, 4) is 5.75 Å². The number of amides is 3. The zero-order chi connectivity index (χ0) is 24.6. The van der Waals surface area contributed by atoms with Gasteiger partial charge in [0.2, 0.25) is 5.91 Å². The van der Waals surface area contributed by atoms with Crippen LogP contribution in [-0.4, -0.2) is 69.0 Å². The maximum Gasteiger partial charge on any atom is 0.309 e. The van der Waals surface area contributed by atoms with Gasteiger partial charge in [0, 0.05) is 13.0 Å². The first kappa shape index (κ1) is 26.3. The zero-order valence-corrected chi connectivity index (χ0v) is 19.5. The predicted molar refractivity (Wildman–Crippen MR) is 119 cm³/mol. The zero-order valence-electron chi connectivity index (χ0n) is 18.7. The first-order chi connectivity index (χ1) is 15.6. The Morgan fingerprint density at radius 2 is 1.94 bits per heavy atom. The van der Waals surface area contributed by atoms with Gasteiger partial charge in [-0.05, 0) is 56.0 Å². The Morgan fingerprint density at radius 1 is 1.27 bits per heavy atom. The van der Waals surface area contributed by atoms with Gasteiger partial charge in [0.1, 0.15) is 11.8 Å². The molecule has 33 heavy (non-hydrogen) atoms. The van der Waals surface area contributed by atoms with E-state index in [1.807, 2.05) is 0 Å². The SMILES string of the molecule is COc1ccc(S(=O)(=O)N(C(=O)C[C@@H](C)CCNC(=O)C(N)=O)C2CCCNCC2=O)cc1. The summed E-state index contributed by atoms with van der Waals surface area (Å²) in [5, 5.41) is 5.27. The molecule has 1 saturated heterocycles. The summed E-state index contributed by atoms with van der Waals surface area (Å²) in [6.45, 7) is 2.32. The number of nitrogens with zero attached hydrogens (tertiary/aromatic N) is 1. The van der Waals surface area contributed by atoms with Crippen molar-refractivity contribution in [1.29, 1.82) is 0 Å². The van der Waals surface area contributed by atoms with E-state index in [1.165, 1.54) is 31.4 Å². The second-order valence-corrected chi connectivity index (χ2v) is 9.70. The molecule has 4 N–H and O–H groups in total. The molecule has 0 bridgehead atoms. The minimum Gasteiger partial charge on any atom is -0.497 e. The third-order valence-electron chi connectivity index (χ3n) is 5.32. The molecule has 12 heteroatoms. The van der Waals surface area contributed by atoms with E-state index in [2.05, 4.69) is 10.6 Å². The molecule has 0 aliphatic carbocycles. The van der Waals surface area contributed by atoms with Crippen LogP contribution in [0.15, 0.2) is 29.2 Å². The molecule has 1 aromatic carbocycles. The highest BCUT2D eigenvalue weighted by Gasteiger charge is 2.39. The first-order valence-electron chi connectivity index (χ1n) is 10.6. The number of nitrogens with one attached hydrogen (secondary N) is 2. The number of ketones is 1. The Labute approximate surface area is 193 Å². The van der Waals surface area contributed by atoms with E-state index in [-0.39, 0.29) is 42.5 Å². The minimum atomic E-state index is -4.32. The molecular formula is C21H30N4O7S. The number of carbonyl (C=O) groups is 4. The summed E-state index contributed by atoms with van der Waals surface area (Å²) in [5.74, 6) is -3.02. The molecule has 3 amide bonds. The summed E-state index contributed by atoms with van der Waals surface area (Å²) in [6, 6.07) is 4.49. The quantitative estimate of drug-likeness (QED) is 0.398. The van der Waals surface area contributed by atoms with Gasteiger partial charge in [0.15, 0.2) is 5.78 Å². The average molecular weight is 483 g/mol. The molecule has 1 aromatic rings. The van der Waals surface area contributed by atoms with Crippen molar-refractivity contribution in [3.63, 3.8) is 0 Å². The highest BCUT2D eigenvalue weighted by atomic mass is 32.2. The molecule has 11 nitrogen and oxygen atoms in total. The fourth-order valence-corrected chi connectivity index (χ4v) is 5.11. The van der Waals surface area contributed by atoms with Gasteiger partial charge in [-0.15, -0.1) is 0 Å². The molecule has 0 aromatic heterocycles. The van der Waals surface area contributed by atoms with Crippen molar-refractivity contribution < 1.29 is 32.3 Å². The number of nitrogens with two attached hydrogens (primary N) is 1. The Bertz CT molecular complexity index is 979. The Morgan fingerprint density at radius 3 is 2.55 bits per heavy atom. The normalized spacial score (nSPS) is 17.5. The van der Waals surface area contributed by atoms with Crippen LogP contribution in [0.2, 0.25) is 0 Å². The number of benzene rings is 1. The summed E-state index contributed by atoms with van der Waals surface area (Å²) >= 11 is 0. The summed E-state index contributed by atoms with van der Waals surface area (Å²) in [5.41, 5.74) is 4.88. The Kier molecular flexibility index (Phi) is 9.35. The van der Waals surface area contributed by atoms with Crippen molar-refractivity contribution in [2.24, 2.45) is 11.7 Å². The van der Waals surface area contributed by atoms with Crippen LogP contribution < -0.4 is 21.1 Å². The third kappa shape index (κ3) is 6.99. The van der Waals surface area contributed by atoms with Gasteiger partial charge in [0.25, 0.3) is 10.0 Å². The maximum absolute atomic E-state index is 13.5. The number of hydrogen-bond acceptors (Lipinski definition) is 8. The fourth-order valence-electron chi connectivity index (χ4n) is 3.50. The summed E-state index contributed by atoms with van der Waals surface area (Å²) in [6.07, 6.45) is 0.892. The highest BCUT2D eigenvalue weighted by molar-refractivity contribution is 7.89. The van der Waals surface area contributed by atoms with Crippen LogP contribution in [0.5, 0.6) is 5.75 Å². The van der Waals surface area contributed by atoms with Crippen molar-refractivity contribution in [2.75, 3.05) is 26.7 Å². The topological polar surface area (TPSA) is 165 Å². The van der Waals surface area contributed by atoms with Crippen molar-refractivity contribution >= 4 is 33.5 Å². The lowest BCUT2D eigenvalue weighted by atomic mass is 10.0. The second-order valence-electron chi connectivity index (χ2n) is 7.89. The standard InChI is InChI=1S/C21H30N4O7S/c1-14(9-11-24-21(29)20(22)28)12-19(27)25(17-4-3-10-23-13-18(17)26)33(30,31)16-7-5-15(32-2)6-8-16/h5-8,14,17,23H,3-4,9-13H2,1-2H3,(H2,22,28)(H,24,29)/t14-,17?/m0/s1. The van der Waals surface area contributed by atoms with Crippen molar-refractivity contribution in [3.05, 3.63) is 24.3 Å². The average Bonchev–Trinajstić information content (AvgIpc) is 2.97. The van der Waals surface area contributed by atoms with E-state index >= 15 is 0 Å². The molecule has 2 rings (SSSR count). The molecule has 182 valence electrons. The van der Waals surface area contributed by atoms with Gasteiger partial charge in [-0.2, -0.15) is 0 Å². The summed E-state index contributed by atoms with van der Waals surface area (Å²) in [7, 11) is -2.87. The summed E-state index contributed by atoms with van der Waals surface area (Å²) < 4.78 is 32.7. The number of ether oxygens (including phenoxy) is 1. The molecule has 0 radical (unpaired) electrons. The van der Waals surface area contributed by atoms with Crippen LogP contribution in [-0.2, 0) is 29.2 Å². The van der Waals surface area contributed by atoms with Crippen LogP contribution >= 0.6 is 0 Å². The van der Waals surface area contributed by atoms with E-state index in [1.54, 1.807) is 6.92 Å². The Hall–Kier alpha value is -2.99. The van der Waals surface area contributed by atoms with Gasteiger partial charge in [-0.25, -0.2) is 12.7 Å². The molecule has 2 atom stereocenters. The fraction of sp³-hybridized carbons (Fsp3) is 0.524. The van der Waals surface area contributed by atoms with E-state index in [0.29, 0.717) is 29.4 Å². The van der Waals surface area contributed by atoms with Crippen LogP contribution in [0.3, 0.4) is 0 Å². The minimum absolute atomic E-state index is 0.0265. The van der Waals surface area contributed by atoms with E-state index in [4.69, 9.17) is 10.5 Å². The second kappa shape index (κ2) is 11.8. The first-order valence-corrected chi connectivity index (χ1v) is 12.0. The number of sulfonamides is 1. The van der Waals surface area contributed by atoms with Crippen LogP contribution in [0.1, 0.15) is 32.6 Å². The van der Waals surface area contributed by atoms with E-state index in [0.717, 1.165) is 0 Å². The maximum atomic E-state index is 13.5. The lowest BCUT2D eigenvalue weighted by Crippen LogP contribution is -2.50. The molecule has 1 aliphatic rings. The smallest absolute Gasteiger partial charge is 0.309 e. The number of carbonyl (C=O) groups excluding carboxylic acids is 4. The highest BCUT2D eigenvalue weighted by Crippen LogP contribution is 2.26. The monoisotopic (exact) mass is 482 g/mol. The molecule has 1 aliphatic heterocycles. The number of Topliss-reactive ketones (excluding diaryl/α,β-unsaturated/α-hetero) is 1. The lowest BCUT2D eigenvalue weighted by molar-refractivity contribution is -0.137. The third-order valence-corrected chi connectivity index (χ3v) is 7.16. The molecule has 1 heterocycles. The predicted octanol–water partition coefficient (Wildman–Crippen LogP) is -0.449. The Balaban J connectivity index is 2.26. The summed E-state index contributed by atoms with van der Waals surface area (Å²) in [4.78, 5) is 47.9. The van der Waals surface area contributed by atoms with Gasteiger partial charge >= 0.3 is 11.8 Å². The van der Waals surface area contributed by atoms with Crippen molar-refractivity contribution in [2.45, 2.75) is 43.5 Å². The largest absolute Gasteiger partial charge is 0.497 e. The van der Waals surface area contributed by atoms with Gasteiger partial charge in [-0.3, -0.25) is 19.2 Å². The van der Waals surface area contributed by atoms with Gasteiger partial charge in [0.05, 0.1) is 18.6 Å². The molecule has 0 saturated carbocycles. The van der Waals surface area contributed by atoms with Gasteiger partial charge in [-0.1, -0.05) is 6.92 Å². The van der Waals surface area contributed by atoms with Crippen molar-refractivity contribution in [1.82, 2.24) is 14.9 Å². The van der Waals surface area contributed by atoms with Gasteiger partial charge < -0.3 is 21.1 Å². The number of hydrogen-bond donors (Lipinski definition) is 3. The van der Waals surface area contributed by atoms with E-state index in [9.17, 15) is 27.6 Å².